The molecule has 4 heteroatoms. The van der Waals surface area contributed by atoms with Crippen molar-refractivity contribution in [2.75, 3.05) is 0 Å². The third-order valence-electron chi connectivity index (χ3n) is 7.76. The lowest BCUT2D eigenvalue weighted by Gasteiger charge is -2.34. The van der Waals surface area contributed by atoms with Gasteiger partial charge in [-0.2, -0.15) is 0 Å². The molecule has 0 spiro atoms. The van der Waals surface area contributed by atoms with Crippen molar-refractivity contribution in [3.05, 3.63) is 57.6 Å². The molecule has 1 heterocycles. The van der Waals surface area contributed by atoms with E-state index in [0.717, 1.165) is 41.3 Å². The van der Waals surface area contributed by atoms with Crippen molar-refractivity contribution in [1.29, 1.82) is 0 Å². The van der Waals surface area contributed by atoms with Crippen molar-refractivity contribution in [3.63, 3.8) is 0 Å². The van der Waals surface area contributed by atoms with Crippen LogP contribution < -0.4 is 0 Å². The summed E-state index contributed by atoms with van der Waals surface area (Å²) in [6.45, 7) is 16.4. The summed E-state index contributed by atoms with van der Waals surface area (Å²) in [4.78, 5) is 15.2. The lowest BCUT2D eigenvalue weighted by molar-refractivity contribution is -0.160. The van der Waals surface area contributed by atoms with Crippen molar-refractivity contribution in [3.8, 4) is 11.1 Å². The monoisotopic (exact) mass is 463 g/mol. The van der Waals surface area contributed by atoms with Gasteiger partial charge in [-0.25, -0.2) is 4.79 Å². The lowest BCUT2D eigenvalue weighted by atomic mass is 9.83. The van der Waals surface area contributed by atoms with E-state index in [0.29, 0.717) is 6.04 Å². The predicted molar refractivity (Wildman–Crippen MR) is 138 cm³/mol. The highest BCUT2D eigenvalue weighted by atomic mass is 16.5. The minimum absolute atomic E-state index is 0.572. The number of fused-ring (bicyclic) bond motifs is 1. The van der Waals surface area contributed by atoms with Crippen molar-refractivity contribution in [2.24, 2.45) is 5.92 Å². The zero-order valence-electron chi connectivity index (χ0n) is 22.0. The molecule has 34 heavy (non-hydrogen) atoms. The number of hydrogen-bond acceptors (Lipinski definition) is 3. The first-order valence-corrected chi connectivity index (χ1v) is 12.8. The van der Waals surface area contributed by atoms with Gasteiger partial charge in [-0.1, -0.05) is 49.6 Å². The van der Waals surface area contributed by atoms with Gasteiger partial charge in [0.05, 0.1) is 5.60 Å². The molecule has 4 nitrogen and oxygen atoms in total. The van der Waals surface area contributed by atoms with Crippen LogP contribution in [0.25, 0.3) is 11.1 Å². The Bertz CT molecular complexity index is 1060. The molecule has 1 saturated carbocycles. The Morgan fingerprint density at radius 3 is 2.21 bits per heavy atom. The molecule has 2 aromatic rings. The second-order valence-electron chi connectivity index (χ2n) is 11.6. The molecule has 0 radical (unpaired) electrons. The Morgan fingerprint density at radius 2 is 1.65 bits per heavy atom. The SMILES string of the molecule is Cc1ccc(-c2c(C)c3c(c(C)c2C(OC(C)(C)C)C(=O)O)CN(C2CCC[C@@H](C)C2)C3)cc1. The van der Waals surface area contributed by atoms with Gasteiger partial charge in [0.1, 0.15) is 0 Å². The molecule has 3 atom stereocenters. The molecule has 1 fully saturated rings. The summed E-state index contributed by atoms with van der Waals surface area (Å²) in [7, 11) is 0. The summed E-state index contributed by atoms with van der Waals surface area (Å²) in [6, 6.07) is 9.08. The van der Waals surface area contributed by atoms with Gasteiger partial charge in [0.15, 0.2) is 6.10 Å². The van der Waals surface area contributed by atoms with Gasteiger partial charge in [0, 0.05) is 24.7 Å². The zero-order valence-corrected chi connectivity index (χ0v) is 22.0. The van der Waals surface area contributed by atoms with Crippen molar-refractivity contribution in [2.45, 2.75) is 105 Å². The normalized spacial score (nSPS) is 22.0. The van der Waals surface area contributed by atoms with Crippen LogP contribution in [0, 0.1) is 26.7 Å². The second kappa shape index (κ2) is 9.47. The van der Waals surface area contributed by atoms with E-state index in [9.17, 15) is 9.90 Å². The highest BCUT2D eigenvalue weighted by Crippen LogP contribution is 2.45. The van der Waals surface area contributed by atoms with Crippen LogP contribution in [0.5, 0.6) is 0 Å². The minimum atomic E-state index is -1.01. The molecule has 2 aliphatic rings. The molecule has 184 valence electrons. The van der Waals surface area contributed by atoms with E-state index in [-0.39, 0.29) is 0 Å². The number of nitrogens with zero attached hydrogens (tertiary/aromatic N) is 1. The Kier molecular flexibility index (Phi) is 6.94. The Hall–Kier alpha value is -2.17. The third-order valence-corrected chi connectivity index (χ3v) is 7.76. The lowest BCUT2D eigenvalue weighted by Crippen LogP contribution is -2.34. The smallest absolute Gasteiger partial charge is 0.337 e. The van der Waals surface area contributed by atoms with Gasteiger partial charge < -0.3 is 9.84 Å². The number of ether oxygens (including phenoxy) is 1. The van der Waals surface area contributed by atoms with Crippen LogP contribution in [0.15, 0.2) is 24.3 Å². The first-order valence-electron chi connectivity index (χ1n) is 12.8. The first-order chi connectivity index (χ1) is 16.0. The number of aryl methyl sites for hydroxylation is 1. The third kappa shape index (κ3) is 4.94. The molecular weight excluding hydrogens is 422 g/mol. The average Bonchev–Trinajstić information content (AvgIpc) is 3.21. The van der Waals surface area contributed by atoms with Gasteiger partial charge in [0.2, 0.25) is 0 Å². The van der Waals surface area contributed by atoms with E-state index in [1.54, 1.807) is 0 Å². The molecule has 0 aromatic heterocycles. The fraction of sp³-hybridized carbons (Fsp3) is 0.567. The maximum absolute atomic E-state index is 12.6. The number of aliphatic carboxylic acids is 1. The number of carboxylic acid groups (broad SMARTS) is 1. The fourth-order valence-corrected chi connectivity index (χ4v) is 6.04. The van der Waals surface area contributed by atoms with Gasteiger partial charge in [-0.15, -0.1) is 0 Å². The van der Waals surface area contributed by atoms with E-state index < -0.39 is 17.7 Å². The molecule has 4 rings (SSSR count). The fourth-order valence-electron chi connectivity index (χ4n) is 6.04. The van der Waals surface area contributed by atoms with Crippen molar-refractivity contribution >= 4 is 5.97 Å². The van der Waals surface area contributed by atoms with Gasteiger partial charge in [-0.3, -0.25) is 4.90 Å². The highest BCUT2D eigenvalue weighted by Gasteiger charge is 2.37. The quantitative estimate of drug-likeness (QED) is 0.513. The molecule has 2 aromatic carbocycles. The summed E-state index contributed by atoms with van der Waals surface area (Å²) in [5.41, 5.74) is 8.52. The van der Waals surface area contributed by atoms with E-state index in [1.165, 1.54) is 47.9 Å². The molecule has 0 saturated heterocycles. The van der Waals surface area contributed by atoms with E-state index in [4.69, 9.17) is 4.74 Å². The van der Waals surface area contributed by atoms with Gasteiger partial charge in [0.25, 0.3) is 0 Å². The van der Waals surface area contributed by atoms with Crippen LogP contribution in [-0.2, 0) is 22.6 Å². The second-order valence-corrected chi connectivity index (χ2v) is 11.6. The Morgan fingerprint density at radius 1 is 1.03 bits per heavy atom. The average molecular weight is 464 g/mol. The van der Waals surface area contributed by atoms with Crippen molar-refractivity contribution < 1.29 is 14.6 Å². The maximum Gasteiger partial charge on any atom is 0.337 e. The number of hydrogen-bond donors (Lipinski definition) is 1. The Labute approximate surface area is 205 Å². The first kappa shape index (κ1) is 24.9. The van der Waals surface area contributed by atoms with Crippen LogP contribution in [0.3, 0.4) is 0 Å². The summed E-state index contributed by atoms with van der Waals surface area (Å²) in [5.74, 6) is -0.151. The number of carbonyl (C=O) groups is 1. The molecule has 0 amide bonds. The molecule has 2 unspecified atom stereocenters. The molecule has 0 bridgehead atoms. The summed E-state index contributed by atoms with van der Waals surface area (Å²) < 4.78 is 6.21. The standard InChI is InChI=1S/C30H41NO3/c1-18-11-13-22(14-12-18)26-20(3)24-16-31(23-10-8-9-19(2)15-23)17-25(24)21(4)27(26)28(29(32)33)34-30(5,6)7/h11-14,19,23,28H,8-10,15-17H2,1-7H3,(H,32,33)/t19-,23?,28?/m1/s1. The molecular formula is C30H41NO3. The number of rotatable bonds is 5. The summed E-state index contributed by atoms with van der Waals surface area (Å²) in [6.07, 6.45) is 4.15. The molecule has 1 N–H and O–H groups in total. The predicted octanol–water partition coefficient (Wildman–Crippen LogP) is 7.11. The van der Waals surface area contributed by atoms with Crippen LogP contribution in [-0.4, -0.2) is 27.6 Å². The Balaban J connectivity index is 1.87. The maximum atomic E-state index is 12.6. The van der Waals surface area contributed by atoms with Gasteiger partial charge >= 0.3 is 5.97 Å². The summed E-state index contributed by atoms with van der Waals surface area (Å²) in [5, 5.41) is 10.3. The van der Waals surface area contributed by atoms with Crippen LogP contribution in [0.2, 0.25) is 0 Å². The van der Waals surface area contributed by atoms with E-state index in [2.05, 4.69) is 56.9 Å². The molecule has 1 aliphatic carbocycles. The minimum Gasteiger partial charge on any atom is -0.479 e. The highest BCUT2D eigenvalue weighted by molar-refractivity contribution is 5.84. The number of carboxylic acids is 1. The van der Waals surface area contributed by atoms with Gasteiger partial charge in [-0.05, 0) is 93.7 Å². The van der Waals surface area contributed by atoms with Crippen LogP contribution in [0.4, 0.5) is 0 Å². The number of benzene rings is 2. The van der Waals surface area contributed by atoms with Crippen LogP contribution >= 0.6 is 0 Å². The van der Waals surface area contributed by atoms with E-state index in [1.807, 2.05) is 20.8 Å². The molecule has 1 aliphatic heterocycles. The topological polar surface area (TPSA) is 49.8 Å². The largest absolute Gasteiger partial charge is 0.479 e. The van der Waals surface area contributed by atoms with E-state index >= 15 is 0 Å². The summed E-state index contributed by atoms with van der Waals surface area (Å²) >= 11 is 0. The zero-order chi connectivity index (χ0) is 24.8. The van der Waals surface area contributed by atoms with Crippen molar-refractivity contribution in [1.82, 2.24) is 4.90 Å². The van der Waals surface area contributed by atoms with Crippen LogP contribution in [0.1, 0.15) is 92.9 Å².